The molecule has 14 heavy (non-hydrogen) atoms. The van der Waals surface area contributed by atoms with Crippen LogP contribution in [-0.2, 0) is 0 Å². The molecule has 1 aliphatic heterocycles. The molecule has 1 N–H and O–H groups in total. The summed E-state index contributed by atoms with van der Waals surface area (Å²) in [4.78, 5) is 0. The Morgan fingerprint density at radius 1 is 1.29 bits per heavy atom. The van der Waals surface area contributed by atoms with Gasteiger partial charge >= 0.3 is 0 Å². The van der Waals surface area contributed by atoms with Crippen molar-refractivity contribution in [3.8, 4) is 0 Å². The molecule has 1 fully saturated rings. The lowest BCUT2D eigenvalue weighted by Gasteiger charge is -2.12. The summed E-state index contributed by atoms with van der Waals surface area (Å²) < 4.78 is 27.6. The molecular formula is C10H10F2IN. The third-order valence-corrected chi connectivity index (χ3v) is 3.08. The summed E-state index contributed by atoms with van der Waals surface area (Å²) in [5.41, 5.74) is 0.197. The zero-order valence-corrected chi connectivity index (χ0v) is 9.64. The molecule has 2 rings (SSSR count). The third kappa shape index (κ3) is 1.91. The van der Waals surface area contributed by atoms with Crippen LogP contribution in [-0.4, -0.2) is 6.54 Å². The maximum atomic E-state index is 13.5. The fourth-order valence-corrected chi connectivity index (χ4v) is 2.36. The van der Waals surface area contributed by atoms with Crippen molar-refractivity contribution in [3.63, 3.8) is 0 Å². The van der Waals surface area contributed by atoms with E-state index in [0.29, 0.717) is 3.57 Å². The number of rotatable bonds is 1. The van der Waals surface area contributed by atoms with Crippen LogP contribution >= 0.6 is 22.6 Å². The predicted molar refractivity (Wildman–Crippen MR) is 59.1 cm³/mol. The van der Waals surface area contributed by atoms with Gasteiger partial charge in [0.25, 0.3) is 0 Å². The van der Waals surface area contributed by atoms with E-state index in [0.717, 1.165) is 19.4 Å². The smallest absolute Gasteiger partial charge is 0.131 e. The highest BCUT2D eigenvalue weighted by Gasteiger charge is 2.23. The molecule has 1 saturated heterocycles. The average molecular weight is 309 g/mol. The first-order valence-corrected chi connectivity index (χ1v) is 5.64. The van der Waals surface area contributed by atoms with Gasteiger partial charge < -0.3 is 5.32 Å². The van der Waals surface area contributed by atoms with Crippen molar-refractivity contribution in [3.05, 3.63) is 32.9 Å². The summed E-state index contributed by atoms with van der Waals surface area (Å²) in [5.74, 6) is -0.873. The maximum Gasteiger partial charge on any atom is 0.131 e. The van der Waals surface area contributed by atoms with E-state index in [9.17, 15) is 8.78 Å². The van der Waals surface area contributed by atoms with E-state index in [-0.39, 0.29) is 11.6 Å². The molecule has 1 heterocycles. The normalized spacial score (nSPS) is 21.5. The van der Waals surface area contributed by atoms with E-state index in [4.69, 9.17) is 0 Å². The summed E-state index contributed by atoms with van der Waals surface area (Å²) in [7, 11) is 0. The highest BCUT2D eigenvalue weighted by Crippen LogP contribution is 2.28. The highest BCUT2D eigenvalue weighted by atomic mass is 127. The van der Waals surface area contributed by atoms with E-state index in [1.54, 1.807) is 0 Å². The number of hydrogen-bond donors (Lipinski definition) is 1. The number of halogens is 3. The van der Waals surface area contributed by atoms with Gasteiger partial charge in [-0.2, -0.15) is 0 Å². The molecule has 0 amide bonds. The lowest BCUT2D eigenvalue weighted by molar-refractivity contribution is 0.506. The Labute approximate surface area is 95.0 Å². The van der Waals surface area contributed by atoms with Gasteiger partial charge in [0.2, 0.25) is 0 Å². The van der Waals surface area contributed by atoms with Crippen LogP contribution in [0.3, 0.4) is 0 Å². The first-order chi connectivity index (χ1) is 6.68. The van der Waals surface area contributed by atoms with Gasteiger partial charge in [-0.25, -0.2) is 8.78 Å². The van der Waals surface area contributed by atoms with Crippen molar-refractivity contribution in [2.45, 2.75) is 18.9 Å². The van der Waals surface area contributed by atoms with Crippen LogP contribution in [0.4, 0.5) is 8.78 Å². The molecule has 0 saturated carbocycles. The molecule has 76 valence electrons. The van der Waals surface area contributed by atoms with Crippen LogP contribution in [0.2, 0.25) is 0 Å². The molecule has 0 bridgehead atoms. The summed E-state index contributed by atoms with van der Waals surface area (Å²) >= 11 is 1.91. The molecule has 1 nitrogen and oxygen atoms in total. The van der Waals surface area contributed by atoms with Crippen molar-refractivity contribution >= 4 is 22.6 Å². The first-order valence-electron chi connectivity index (χ1n) is 4.56. The Hall–Kier alpha value is -0.230. The molecule has 0 aliphatic carbocycles. The first kappa shape index (κ1) is 10.3. The second-order valence-corrected chi connectivity index (χ2v) is 4.68. The molecule has 4 heteroatoms. The summed E-state index contributed by atoms with van der Waals surface area (Å²) in [5, 5.41) is 3.09. The van der Waals surface area contributed by atoms with Crippen LogP contribution in [0.5, 0.6) is 0 Å². The SMILES string of the molecule is Fc1cc(I)cc(F)c1[C@H]1CCCN1. The van der Waals surface area contributed by atoms with Gasteiger partial charge in [-0.05, 0) is 54.1 Å². The van der Waals surface area contributed by atoms with Gasteiger partial charge in [-0.3, -0.25) is 0 Å². The lowest BCUT2D eigenvalue weighted by Crippen LogP contribution is -2.16. The lowest BCUT2D eigenvalue weighted by atomic mass is 10.0. The Morgan fingerprint density at radius 3 is 2.43 bits per heavy atom. The van der Waals surface area contributed by atoms with Crippen molar-refractivity contribution in [2.24, 2.45) is 0 Å². The Bertz CT molecular complexity index is 325. The highest BCUT2D eigenvalue weighted by molar-refractivity contribution is 14.1. The monoisotopic (exact) mass is 309 g/mol. The minimum atomic E-state index is -0.436. The second kappa shape index (κ2) is 4.10. The van der Waals surface area contributed by atoms with E-state index in [2.05, 4.69) is 5.32 Å². The van der Waals surface area contributed by atoms with E-state index in [1.165, 1.54) is 12.1 Å². The minimum Gasteiger partial charge on any atom is -0.310 e. The zero-order chi connectivity index (χ0) is 10.1. The summed E-state index contributed by atoms with van der Waals surface area (Å²) in [6, 6.07) is 2.60. The van der Waals surface area contributed by atoms with Gasteiger partial charge in [0.1, 0.15) is 11.6 Å². The molecule has 0 aromatic heterocycles. The van der Waals surface area contributed by atoms with Gasteiger partial charge in [-0.1, -0.05) is 0 Å². The summed E-state index contributed by atoms with van der Waals surface area (Å²) in [6.45, 7) is 0.843. The average Bonchev–Trinajstić information content (AvgIpc) is 2.54. The second-order valence-electron chi connectivity index (χ2n) is 3.43. The van der Waals surface area contributed by atoms with Gasteiger partial charge in [0.05, 0.1) is 0 Å². The van der Waals surface area contributed by atoms with Gasteiger partial charge in [0, 0.05) is 15.2 Å². The standard InChI is InChI=1S/C10H10F2IN/c11-7-4-6(13)5-8(12)10(7)9-2-1-3-14-9/h4-5,9,14H,1-3H2/t9-/m1/s1. The van der Waals surface area contributed by atoms with Crippen LogP contribution < -0.4 is 5.32 Å². The Kier molecular flexibility index (Phi) is 3.02. The number of nitrogens with one attached hydrogen (secondary N) is 1. The van der Waals surface area contributed by atoms with Crippen molar-refractivity contribution in [2.75, 3.05) is 6.54 Å². The van der Waals surface area contributed by atoms with Crippen LogP contribution in [0.15, 0.2) is 12.1 Å². The fraction of sp³-hybridized carbons (Fsp3) is 0.400. The minimum absolute atomic E-state index is 0.146. The van der Waals surface area contributed by atoms with Gasteiger partial charge in [-0.15, -0.1) is 0 Å². The van der Waals surface area contributed by atoms with Crippen molar-refractivity contribution < 1.29 is 8.78 Å². The largest absolute Gasteiger partial charge is 0.310 e. The predicted octanol–water partition coefficient (Wildman–Crippen LogP) is 2.99. The molecule has 0 unspecified atom stereocenters. The van der Waals surface area contributed by atoms with E-state index < -0.39 is 11.6 Å². The third-order valence-electron chi connectivity index (χ3n) is 2.45. The van der Waals surface area contributed by atoms with E-state index >= 15 is 0 Å². The molecule has 1 aromatic rings. The topological polar surface area (TPSA) is 12.0 Å². The maximum absolute atomic E-state index is 13.5. The Balaban J connectivity index is 2.40. The zero-order valence-electron chi connectivity index (χ0n) is 7.49. The van der Waals surface area contributed by atoms with Crippen LogP contribution in [0, 0.1) is 15.2 Å². The quantitative estimate of drug-likeness (QED) is 0.787. The van der Waals surface area contributed by atoms with Crippen LogP contribution in [0.1, 0.15) is 24.4 Å². The fourth-order valence-electron chi connectivity index (χ4n) is 1.82. The van der Waals surface area contributed by atoms with Crippen molar-refractivity contribution in [1.29, 1.82) is 0 Å². The molecular weight excluding hydrogens is 299 g/mol. The van der Waals surface area contributed by atoms with E-state index in [1.807, 2.05) is 22.6 Å². The molecule has 0 spiro atoms. The number of hydrogen-bond acceptors (Lipinski definition) is 1. The summed E-state index contributed by atoms with van der Waals surface area (Å²) in [6.07, 6.45) is 1.80. The van der Waals surface area contributed by atoms with Crippen molar-refractivity contribution in [1.82, 2.24) is 5.32 Å². The van der Waals surface area contributed by atoms with Gasteiger partial charge in [0.15, 0.2) is 0 Å². The number of benzene rings is 1. The molecule has 1 aromatic carbocycles. The molecule has 1 aliphatic rings. The van der Waals surface area contributed by atoms with Crippen LogP contribution in [0.25, 0.3) is 0 Å². The molecule has 1 atom stereocenters. The Morgan fingerprint density at radius 2 is 1.93 bits per heavy atom. The molecule has 0 radical (unpaired) electrons.